The van der Waals surface area contributed by atoms with Crippen molar-refractivity contribution in [2.24, 2.45) is 0 Å². The Morgan fingerprint density at radius 3 is 2.44 bits per heavy atom. The van der Waals surface area contributed by atoms with E-state index >= 15 is 0 Å². The average Bonchev–Trinajstić information content (AvgIpc) is 2.87. The van der Waals surface area contributed by atoms with Gasteiger partial charge in [-0.3, -0.25) is 14.3 Å². The number of methoxy groups -OCH3 is 3. The molecule has 0 saturated heterocycles. The van der Waals surface area contributed by atoms with E-state index in [1.165, 1.54) is 24.9 Å². The predicted molar refractivity (Wildman–Crippen MR) is 134 cm³/mol. The number of carbonyl (C=O) groups is 1. The summed E-state index contributed by atoms with van der Waals surface area (Å²) in [5.41, 5.74) is 1.60. The van der Waals surface area contributed by atoms with Crippen LogP contribution >= 0.6 is 0 Å². The summed E-state index contributed by atoms with van der Waals surface area (Å²) in [5, 5.41) is -0.0356. The third-order valence-electron chi connectivity index (χ3n) is 6.00. The maximum atomic E-state index is 13.9. The van der Waals surface area contributed by atoms with Crippen LogP contribution in [0, 0.1) is 20.8 Å². The summed E-state index contributed by atoms with van der Waals surface area (Å²) in [6, 6.07) is 8.26. The highest BCUT2D eigenvalue weighted by atomic mass is 16.5. The predicted octanol–water partition coefficient (Wildman–Crippen LogP) is 2.72. The molecule has 0 bridgehead atoms. The van der Waals surface area contributed by atoms with Crippen LogP contribution in [0.2, 0.25) is 0 Å². The maximum absolute atomic E-state index is 13.9. The molecule has 10 nitrogen and oxygen atoms in total. The molecule has 0 saturated carbocycles. The Morgan fingerprint density at radius 2 is 1.78 bits per heavy atom. The zero-order chi connectivity index (χ0) is 26.1. The minimum atomic E-state index is -0.712. The number of esters is 1. The van der Waals surface area contributed by atoms with Gasteiger partial charge in [0, 0.05) is 29.1 Å². The van der Waals surface area contributed by atoms with Crippen molar-refractivity contribution in [3.8, 4) is 17.2 Å². The summed E-state index contributed by atoms with van der Waals surface area (Å²) in [7, 11) is 4.29. The Morgan fingerprint density at radius 1 is 1.03 bits per heavy atom. The number of hydrogen-bond acceptors (Lipinski definition) is 8. The molecular formula is C26H26N4O6. The lowest BCUT2D eigenvalue weighted by molar-refractivity contribution is 0.0602. The Hall–Kier alpha value is -4.47. The third-order valence-corrected chi connectivity index (χ3v) is 6.00. The first-order valence-electron chi connectivity index (χ1n) is 11.1. The van der Waals surface area contributed by atoms with Crippen molar-refractivity contribution in [2.45, 2.75) is 27.3 Å². The van der Waals surface area contributed by atoms with Crippen LogP contribution in [0.1, 0.15) is 32.9 Å². The second-order valence-electron chi connectivity index (χ2n) is 8.26. The van der Waals surface area contributed by atoms with E-state index in [-0.39, 0.29) is 23.1 Å². The van der Waals surface area contributed by atoms with E-state index in [9.17, 15) is 14.4 Å². The molecule has 1 aromatic carbocycles. The number of benzene rings is 1. The van der Waals surface area contributed by atoms with Gasteiger partial charge in [0.1, 0.15) is 11.5 Å². The molecule has 36 heavy (non-hydrogen) atoms. The van der Waals surface area contributed by atoms with Crippen molar-refractivity contribution in [3.63, 3.8) is 0 Å². The van der Waals surface area contributed by atoms with Crippen molar-refractivity contribution in [2.75, 3.05) is 21.3 Å². The second kappa shape index (κ2) is 9.65. The SMILES string of the molecule is COC(=O)c1cc(C)nc2c1c(=O)n(Cc1ncc(C)c(OC)c1C)c(=O)n2-c1cccc(OC)c1. The number of ether oxygens (including phenoxy) is 3. The number of hydrogen-bond donors (Lipinski definition) is 0. The molecule has 4 rings (SSSR count). The molecule has 3 heterocycles. The third kappa shape index (κ3) is 4.10. The van der Waals surface area contributed by atoms with Crippen LogP contribution in [0.5, 0.6) is 11.5 Å². The molecule has 0 radical (unpaired) electrons. The van der Waals surface area contributed by atoms with Crippen LogP contribution in [0.15, 0.2) is 46.1 Å². The van der Waals surface area contributed by atoms with Gasteiger partial charge in [-0.2, -0.15) is 0 Å². The van der Waals surface area contributed by atoms with Crippen molar-refractivity contribution in [1.82, 2.24) is 19.1 Å². The van der Waals surface area contributed by atoms with E-state index in [1.807, 2.05) is 13.8 Å². The van der Waals surface area contributed by atoms with Gasteiger partial charge in [-0.05, 0) is 39.0 Å². The molecule has 0 N–H and O–H groups in total. The minimum absolute atomic E-state index is 0.0153. The van der Waals surface area contributed by atoms with Crippen LogP contribution in [-0.4, -0.2) is 46.4 Å². The first-order chi connectivity index (χ1) is 17.2. The fraction of sp³-hybridized carbons (Fsp3) is 0.269. The lowest BCUT2D eigenvalue weighted by atomic mass is 10.1. The lowest BCUT2D eigenvalue weighted by Crippen LogP contribution is -2.41. The summed E-state index contributed by atoms with van der Waals surface area (Å²) in [6.45, 7) is 5.20. The molecule has 0 atom stereocenters. The summed E-state index contributed by atoms with van der Waals surface area (Å²) in [5.74, 6) is 0.415. The van der Waals surface area contributed by atoms with Crippen molar-refractivity contribution < 1.29 is 19.0 Å². The van der Waals surface area contributed by atoms with Gasteiger partial charge in [-0.15, -0.1) is 0 Å². The summed E-state index contributed by atoms with van der Waals surface area (Å²) < 4.78 is 18.1. The highest BCUT2D eigenvalue weighted by molar-refractivity contribution is 6.02. The number of rotatable bonds is 6. The Labute approximate surface area is 206 Å². The Balaban J connectivity index is 2.13. The van der Waals surface area contributed by atoms with Gasteiger partial charge in [-0.1, -0.05) is 6.07 Å². The second-order valence-corrected chi connectivity index (χ2v) is 8.26. The van der Waals surface area contributed by atoms with E-state index in [1.54, 1.807) is 44.5 Å². The molecular weight excluding hydrogens is 464 g/mol. The van der Waals surface area contributed by atoms with E-state index in [0.29, 0.717) is 34.1 Å². The topological polar surface area (TPSA) is 115 Å². The maximum Gasteiger partial charge on any atom is 0.338 e. The minimum Gasteiger partial charge on any atom is -0.497 e. The summed E-state index contributed by atoms with van der Waals surface area (Å²) in [4.78, 5) is 49.2. The number of pyridine rings is 2. The normalized spacial score (nSPS) is 10.9. The monoisotopic (exact) mass is 490 g/mol. The van der Waals surface area contributed by atoms with Crippen LogP contribution in [-0.2, 0) is 11.3 Å². The van der Waals surface area contributed by atoms with E-state index in [2.05, 4.69) is 9.97 Å². The highest BCUT2D eigenvalue weighted by Gasteiger charge is 2.24. The average molecular weight is 491 g/mol. The van der Waals surface area contributed by atoms with E-state index in [0.717, 1.165) is 10.1 Å². The van der Waals surface area contributed by atoms with Gasteiger partial charge in [0.2, 0.25) is 0 Å². The number of aromatic nitrogens is 4. The first-order valence-corrected chi connectivity index (χ1v) is 11.1. The van der Waals surface area contributed by atoms with Gasteiger partial charge >= 0.3 is 11.7 Å². The number of aryl methyl sites for hydroxylation is 2. The molecule has 0 fully saturated rings. The molecule has 0 aliphatic heterocycles. The quantitative estimate of drug-likeness (QED) is 0.379. The molecule has 0 amide bonds. The number of nitrogens with zero attached hydrogens (tertiary/aromatic N) is 4. The van der Waals surface area contributed by atoms with Gasteiger partial charge in [0.25, 0.3) is 5.56 Å². The Kier molecular flexibility index (Phi) is 6.61. The van der Waals surface area contributed by atoms with Crippen LogP contribution in [0.25, 0.3) is 16.7 Å². The fourth-order valence-corrected chi connectivity index (χ4v) is 4.24. The van der Waals surface area contributed by atoms with Crippen molar-refractivity contribution in [3.05, 3.63) is 85.4 Å². The molecule has 0 spiro atoms. The Bertz CT molecular complexity index is 1620. The summed E-state index contributed by atoms with van der Waals surface area (Å²) >= 11 is 0. The lowest BCUT2D eigenvalue weighted by Gasteiger charge is -2.17. The summed E-state index contributed by atoms with van der Waals surface area (Å²) in [6.07, 6.45) is 1.62. The van der Waals surface area contributed by atoms with Crippen LogP contribution in [0.4, 0.5) is 0 Å². The standard InChI is InChI=1S/C26H26N4O6/c1-14-12-27-20(16(3)22(14)35-5)13-29-24(31)21-19(25(32)36-6)10-15(2)28-23(21)30(26(29)33)17-8-7-9-18(11-17)34-4/h7-12H,13H2,1-6H3. The van der Waals surface area contributed by atoms with Crippen LogP contribution < -0.4 is 20.7 Å². The first kappa shape index (κ1) is 24.6. The molecule has 3 aromatic heterocycles. The number of carbonyl (C=O) groups excluding carboxylic acids is 1. The van der Waals surface area contributed by atoms with E-state index < -0.39 is 17.2 Å². The van der Waals surface area contributed by atoms with Gasteiger partial charge in [0.15, 0.2) is 5.65 Å². The van der Waals surface area contributed by atoms with Gasteiger partial charge in [-0.25, -0.2) is 19.1 Å². The van der Waals surface area contributed by atoms with Crippen molar-refractivity contribution >= 4 is 17.0 Å². The zero-order valence-electron chi connectivity index (χ0n) is 20.9. The molecule has 0 unspecified atom stereocenters. The van der Waals surface area contributed by atoms with Crippen LogP contribution in [0.3, 0.4) is 0 Å². The largest absolute Gasteiger partial charge is 0.497 e. The molecule has 186 valence electrons. The molecule has 10 heteroatoms. The smallest absolute Gasteiger partial charge is 0.338 e. The van der Waals surface area contributed by atoms with Gasteiger partial charge < -0.3 is 14.2 Å². The molecule has 0 aliphatic carbocycles. The zero-order valence-corrected chi connectivity index (χ0v) is 20.9. The highest BCUT2D eigenvalue weighted by Crippen LogP contribution is 2.25. The van der Waals surface area contributed by atoms with Crippen molar-refractivity contribution in [1.29, 1.82) is 0 Å². The molecule has 0 aliphatic rings. The van der Waals surface area contributed by atoms with E-state index in [4.69, 9.17) is 14.2 Å². The molecule has 4 aromatic rings. The fourth-order valence-electron chi connectivity index (χ4n) is 4.24. The van der Waals surface area contributed by atoms with Gasteiger partial charge in [0.05, 0.1) is 50.2 Å². The number of fused-ring (bicyclic) bond motifs is 1.